The number of halogens is 1. The van der Waals surface area contributed by atoms with Gasteiger partial charge in [-0.2, -0.15) is 0 Å². The van der Waals surface area contributed by atoms with Gasteiger partial charge in [-0.3, -0.25) is 0 Å². The number of carbonyl (C=O) groups is 2. The van der Waals surface area contributed by atoms with Gasteiger partial charge < -0.3 is 21.1 Å². The standard InChI is InChI=1S/C12H14FN3O3/c13-9-2-1-7(11(17)18)5-10(9)15-12(19)16-4-3-8(14)6-16/h1-2,5,8H,3-4,6,14H2,(H,15,19)(H,17,18). The number of nitrogens with one attached hydrogen (secondary N) is 1. The summed E-state index contributed by atoms with van der Waals surface area (Å²) in [7, 11) is 0. The predicted octanol–water partition coefficient (Wildman–Crippen LogP) is 1.09. The van der Waals surface area contributed by atoms with Crippen LogP contribution in [0.15, 0.2) is 18.2 Å². The molecule has 0 saturated carbocycles. The van der Waals surface area contributed by atoms with Crippen molar-refractivity contribution in [2.75, 3.05) is 18.4 Å². The van der Waals surface area contributed by atoms with Crippen LogP contribution in [0.1, 0.15) is 16.8 Å². The maximum Gasteiger partial charge on any atom is 0.335 e. The van der Waals surface area contributed by atoms with Crippen molar-refractivity contribution >= 4 is 17.7 Å². The minimum Gasteiger partial charge on any atom is -0.478 e. The zero-order valence-corrected chi connectivity index (χ0v) is 10.1. The number of anilines is 1. The lowest BCUT2D eigenvalue weighted by atomic mass is 10.2. The fourth-order valence-electron chi connectivity index (χ4n) is 1.92. The van der Waals surface area contributed by atoms with Crippen molar-refractivity contribution in [1.82, 2.24) is 4.90 Å². The molecule has 2 amide bonds. The molecule has 1 aliphatic heterocycles. The molecule has 1 unspecified atom stereocenters. The van der Waals surface area contributed by atoms with Gasteiger partial charge in [-0.1, -0.05) is 0 Å². The summed E-state index contributed by atoms with van der Waals surface area (Å²) in [6.07, 6.45) is 0.699. The summed E-state index contributed by atoms with van der Waals surface area (Å²) in [5.74, 6) is -1.86. The zero-order chi connectivity index (χ0) is 14.0. The van der Waals surface area contributed by atoms with Gasteiger partial charge >= 0.3 is 12.0 Å². The highest BCUT2D eigenvalue weighted by atomic mass is 19.1. The highest BCUT2D eigenvalue weighted by molar-refractivity contribution is 5.93. The number of nitrogens with zero attached hydrogens (tertiary/aromatic N) is 1. The van der Waals surface area contributed by atoms with E-state index in [0.29, 0.717) is 19.5 Å². The summed E-state index contributed by atoms with van der Waals surface area (Å²) in [4.78, 5) is 24.1. The number of carbonyl (C=O) groups excluding carboxylic acids is 1. The van der Waals surface area contributed by atoms with Gasteiger partial charge in [0, 0.05) is 19.1 Å². The highest BCUT2D eigenvalue weighted by Gasteiger charge is 2.24. The van der Waals surface area contributed by atoms with Crippen molar-refractivity contribution in [1.29, 1.82) is 0 Å². The van der Waals surface area contributed by atoms with Crippen LogP contribution in [-0.2, 0) is 0 Å². The first kappa shape index (κ1) is 13.3. The molecule has 102 valence electrons. The molecule has 0 aromatic heterocycles. The topological polar surface area (TPSA) is 95.7 Å². The first-order valence-corrected chi connectivity index (χ1v) is 5.81. The second kappa shape index (κ2) is 5.23. The first-order valence-electron chi connectivity index (χ1n) is 5.81. The number of rotatable bonds is 2. The Kier molecular flexibility index (Phi) is 3.66. The largest absolute Gasteiger partial charge is 0.478 e. The molecule has 1 fully saturated rings. The van der Waals surface area contributed by atoms with E-state index in [9.17, 15) is 14.0 Å². The number of hydrogen-bond donors (Lipinski definition) is 3. The molecule has 1 aromatic carbocycles. The molecule has 1 heterocycles. The highest BCUT2D eigenvalue weighted by Crippen LogP contribution is 2.18. The van der Waals surface area contributed by atoms with Gasteiger partial charge in [-0.15, -0.1) is 0 Å². The van der Waals surface area contributed by atoms with Gasteiger partial charge in [0.25, 0.3) is 0 Å². The third-order valence-corrected chi connectivity index (χ3v) is 2.97. The van der Waals surface area contributed by atoms with Gasteiger partial charge in [0.1, 0.15) is 5.82 Å². The SMILES string of the molecule is NC1CCN(C(=O)Nc2cc(C(=O)O)ccc2F)C1. The number of amides is 2. The molecule has 1 saturated heterocycles. The minimum atomic E-state index is -1.18. The Balaban J connectivity index is 2.12. The molecule has 1 aromatic rings. The zero-order valence-electron chi connectivity index (χ0n) is 10.1. The lowest BCUT2D eigenvalue weighted by Gasteiger charge is -2.17. The van der Waals surface area contributed by atoms with E-state index in [4.69, 9.17) is 10.8 Å². The third kappa shape index (κ3) is 3.00. The van der Waals surface area contributed by atoms with Crippen LogP contribution in [0.2, 0.25) is 0 Å². The van der Waals surface area contributed by atoms with Crippen molar-refractivity contribution in [3.05, 3.63) is 29.6 Å². The van der Waals surface area contributed by atoms with E-state index in [1.54, 1.807) is 0 Å². The molecule has 0 spiro atoms. The fourth-order valence-corrected chi connectivity index (χ4v) is 1.92. The molecule has 19 heavy (non-hydrogen) atoms. The summed E-state index contributed by atoms with van der Waals surface area (Å²) >= 11 is 0. The maximum absolute atomic E-state index is 13.5. The second-order valence-corrected chi connectivity index (χ2v) is 4.42. The van der Waals surface area contributed by atoms with E-state index in [0.717, 1.165) is 18.2 Å². The van der Waals surface area contributed by atoms with Crippen LogP contribution >= 0.6 is 0 Å². The Morgan fingerprint density at radius 1 is 1.47 bits per heavy atom. The number of nitrogens with two attached hydrogens (primary N) is 1. The van der Waals surface area contributed by atoms with Crippen LogP contribution in [0.5, 0.6) is 0 Å². The lowest BCUT2D eigenvalue weighted by Crippen LogP contribution is -2.35. The smallest absolute Gasteiger partial charge is 0.335 e. The van der Waals surface area contributed by atoms with Crippen molar-refractivity contribution in [2.45, 2.75) is 12.5 Å². The molecule has 1 atom stereocenters. The molecule has 0 bridgehead atoms. The third-order valence-electron chi connectivity index (χ3n) is 2.97. The van der Waals surface area contributed by atoms with Gasteiger partial charge in [-0.05, 0) is 24.6 Å². The number of urea groups is 1. The molecule has 6 nitrogen and oxygen atoms in total. The van der Waals surface area contributed by atoms with E-state index in [1.807, 2.05) is 0 Å². The van der Waals surface area contributed by atoms with Gasteiger partial charge in [0.15, 0.2) is 0 Å². The average Bonchev–Trinajstić information content (AvgIpc) is 2.78. The van der Waals surface area contributed by atoms with E-state index in [1.165, 1.54) is 4.90 Å². The van der Waals surface area contributed by atoms with Crippen molar-refractivity contribution in [3.8, 4) is 0 Å². The number of carboxylic acids is 1. The molecular weight excluding hydrogens is 253 g/mol. The molecule has 7 heteroatoms. The molecule has 2 rings (SSSR count). The fraction of sp³-hybridized carbons (Fsp3) is 0.333. The molecule has 0 aliphatic carbocycles. The Labute approximate surface area is 109 Å². The second-order valence-electron chi connectivity index (χ2n) is 4.42. The summed E-state index contributed by atoms with van der Waals surface area (Å²) in [6, 6.07) is 2.69. The number of likely N-dealkylation sites (tertiary alicyclic amines) is 1. The van der Waals surface area contributed by atoms with E-state index in [-0.39, 0.29) is 17.3 Å². The number of benzene rings is 1. The minimum absolute atomic E-state index is 0.0686. The Morgan fingerprint density at radius 3 is 2.79 bits per heavy atom. The molecule has 1 aliphatic rings. The Morgan fingerprint density at radius 2 is 2.21 bits per heavy atom. The van der Waals surface area contributed by atoms with Crippen LogP contribution in [0.3, 0.4) is 0 Å². The van der Waals surface area contributed by atoms with Crippen LogP contribution in [0.4, 0.5) is 14.9 Å². The maximum atomic E-state index is 13.5. The number of carboxylic acid groups (broad SMARTS) is 1. The van der Waals surface area contributed by atoms with Gasteiger partial charge in [0.2, 0.25) is 0 Å². The van der Waals surface area contributed by atoms with Gasteiger partial charge in [0.05, 0.1) is 11.3 Å². The van der Waals surface area contributed by atoms with E-state index >= 15 is 0 Å². The van der Waals surface area contributed by atoms with E-state index in [2.05, 4.69) is 5.32 Å². The normalized spacial score (nSPS) is 18.4. The number of hydrogen-bond acceptors (Lipinski definition) is 3. The summed E-state index contributed by atoms with van der Waals surface area (Å²) in [5.41, 5.74) is 5.44. The molecular formula is C12H14FN3O3. The molecule has 0 radical (unpaired) electrons. The number of aromatic carboxylic acids is 1. The van der Waals surface area contributed by atoms with Crippen LogP contribution in [0, 0.1) is 5.82 Å². The van der Waals surface area contributed by atoms with Crippen LogP contribution in [-0.4, -0.2) is 41.1 Å². The van der Waals surface area contributed by atoms with Gasteiger partial charge in [-0.25, -0.2) is 14.0 Å². The summed E-state index contributed by atoms with van der Waals surface area (Å²) < 4.78 is 13.5. The Bertz CT molecular complexity index is 521. The predicted molar refractivity (Wildman–Crippen MR) is 66.5 cm³/mol. The lowest BCUT2D eigenvalue weighted by molar-refractivity contribution is 0.0697. The average molecular weight is 267 g/mol. The quantitative estimate of drug-likeness (QED) is 0.747. The van der Waals surface area contributed by atoms with Crippen LogP contribution in [0.25, 0.3) is 0 Å². The summed E-state index contributed by atoms with van der Waals surface area (Å²) in [5, 5.41) is 11.2. The van der Waals surface area contributed by atoms with Crippen molar-refractivity contribution in [2.24, 2.45) is 5.73 Å². The molecule has 4 N–H and O–H groups in total. The Hall–Kier alpha value is -2.15. The first-order chi connectivity index (χ1) is 8.97. The van der Waals surface area contributed by atoms with Crippen LogP contribution < -0.4 is 11.1 Å². The van der Waals surface area contributed by atoms with Crippen molar-refractivity contribution in [3.63, 3.8) is 0 Å². The van der Waals surface area contributed by atoms with E-state index < -0.39 is 17.8 Å². The monoisotopic (exact) mass is 267 g/mol. The van der Waals surface area contributed by atoms with Crippen molar-refractivity contribution < 1.29 is 19.1 Å². The summed E-state index contributed by atoms with van der Waals surface area (Å²) in [6.45, 7) is 0.916.